The van der Waals surface area contributed by atoms with Crippen molar-refractivity contribution in [3.8, 4) is 0 Å². The van der Waals surface area contributed by atoms with Gasteiger partial charge < -0.3 is 9.80 Å². The molecule has 0 spiro atoms. The van der Waals surface area contributed by atoms with Crippen LogP contribution in [0.25, 0.3) is 0 Å². The number of fused-ring (bicyclic) bond motifs is 4. The highest BCUT2D eigenvalue weighted by atomic mass is 32.2. The van der Waals surface area contributed by atoms with Crippen molar-refractivity contribution in [2.75, 3.05) is 36.0 Å². The number of hydrogen-bond donors (Lipinski definition) is 0. The quantitative estimate of drug-likeness (QED) is 0.246. The molecule has 0 bridgehead atoms. The van der Waals surface area contributed by atoms with Gasteiger partial charge in [-0.05, 0) is 91.4 Å². The van der Waals surface area contributed by atoms with Gasteiger partial charge in [0.2, 0.25) is 6.71 Å². The highest BCUT2D eigenvalue weighted by molar-refractivity contribution is 8.01. The number of anilines is 2. The normalized spacial score (nSPS) is 18.8. The van der Waals surface area contributed by atoms with E-state index in [2.05, 4.69) is 79.1 Å². The molecule has 4 aliphatic heterocycles. The molecule has 0 amide bonds. The molecule has 4 heterocycles. The van der Waals surface area contributed by atoms with Crippen molar-refractivity contribution in [2.45, 2.75) is 84.3 Å². The van der Waals surface area contributed by atoms with Gasteiger partial charge in [-0.25, -0.2) is 0 Å². The first-order valence-corrected chi connectivity index (χ1v) is 15.9. The van der Waals surface area contributed by atoms with Gasteiger partial charge in [-0.15, -0.1) is 0 Å². The van der Waals surface area contributed by atoms with Crippen molar-refractivity contribution < 1.29 is 0 Å². The molecule has 0 aromatic heterocycles. The fraction of sp³-hybridized carbons (Fsp3) is 0.438. The van der Waals surface area contributed by atoms with Gasteiger partial charge in [0.25, 0.3) is 0 Å². The minimum atomic E-state index is 0.133. The average Bonchev–Trinajstić information content (AvgIpc) is 2.92. The summed E-state index contributed by atoms with van der Waals surface area (Å²) in [5.41, 5.74) is 8.93. The molecule has 190 valence electrons. The van der Waals surface area contributed by atoms with E-state index >= 15 is 0 Å². The summed E-state index contributed by atoms with van der Waals surface area (Å²) in [6, 6.07) is 19.7. The van der Waals surface area contributed by atoms with Gasteiger partial charge in [0.1, 0.15) is 0 Å². The van der Waals surface area contributed by atoms with Gasteiger partial charge in [-0.2, -0.15) is 0 Å². The number of rotatable bonds is 2. The molecule has 7 rings (SSSR count). The summed E-state index contributed by atoms with van der Waals surface area (Å²) in [6.45, 7) is 12.2. The summed E-state index contributed by atoms with van der Waals surface area (Å²) in [4.78, 5) is 11.0. The molecule has 0 aliphatic carbocycles. The standard InChI is InChI=1S/C32H37BN2S2/c1-32(2,3)22-18-29-31-30(19-22)37-28-21-24(35-16-8-5-9-17-35)11-13-26(28)33(31)25-12-10-23(20-27(25)36-29)34-14-6-4-7-15-34/h10-13,18-21H,4-9,14-17H2,1-3H3. The summed E-state index contributed by atoms with van der Waals surface area (Å²) in [5, 5.41) is 0. The van der Waals surface area contributed by atoms with E-state index in [1.54, 1.807) is 5.46 Å². The summed E-state index contributed by atoms with van der Waals surface area (Å²) in [6.07, 6.45) is 8.02. The number of benzene rings is 3. The van der Waals surface area contributed by atoms with Crippen LogP contribution in [0.1, 0.15) is 64.9 Å². The van der Waals surface area contributed by atoms with Crippen LogP contribution in [0, 0.1) is 0 Å². The molecular formula is C32H37BN2S2. The lowest BCUT2D eigenvalue weighted by Crippen LogP contribution is -2.58. The first-order valence-electron chi connectivity index (χ1n) is 14.3. The number of piperidine rings is 2. The third kappa shape index (κ3) is 4.31. The van der Waals surface area contributed by atoms with Crippen LogP contribution < -0.4 is 26.2 Å². The zero-order chi connectivity index (χ0) is 25.1. The predicted molar refractivity (Wildman–Crippen MR) is 163 cm³/mol. The number of nitrogens with zero attached hydrogens (tertiary/aromatic N) is 2. The van der Waals surface area contributed by atoms with E-state index in [9.17, 15) is 0 Å². The van der Waals surface area contributed by atoms with Gasteiger partial charge in [-0.3, -0.25) is 0 Å². The molecule has 5 heteroatoms. The third-order valence-corrected chi connectivity index (χ3v) is 11.0. The topological polar surface area (TPSA) is 6.48 Å². The lowest BCUT2D eigenvalue weighted by molar-refractivity contribution is 0.577. The van der Waals surface area contributed by atoms with Gasteiger partial charge in [0.15, 0.2) is 0 Å². The van der Waals surface area contributed by atoms with Crippen LogP contribution in [0.2, 0.25) is 0 Å². The third-order valence-electron chi connectivity index (χ3n) is 8.76. The largest absolute Gasteiger partial charge is 0.372 e. The summed E-state index contributed by atoms with van der Waals surface area (Å²) in [5.74, 6) is 0. The van der Waals surface area contributed by atoms with Crippen molar-refractivity contribution in [1.29, 1.82) is 0 Å². The fourth-order valence-electron chi connectivity index (χ4n) is 6.60. The van der Waals surface area contributed by atoms with Crippen LogP contribution in [0.5, 0.6) is 0 Å². The minimum absolute atomic E-state index is 0.133. The Morgan fingerprint density at radius 3 is 1.49 bits per heavy atom. The number of hydrogen-bond acceptors (Lipinski definition) is 4. The average molecular weight is 525 g/mol. The van der Waals surface area contributed by atoms with E-state index in [1.165, 1.54) is 112 Å². The molecule has 0 radical (unpaired) electrons. The van der Waals surface area contributed by atoms with Gasteiger partial charge in [0.05, 0.1) is 0 Å². The molecule has 0 unspecified atom stereocenters. The molecule has 3 aromatic rings. The highest BCUT2D eigenvalue weighted by Gasteiger charge is 2.39. The zero-order valence-electron chi connectivity index (χ0n) is 22.5. The van der Waals surface area contributed by atoms with Crippen molar-refractivity contribution in [3.63, 3.8) is 0 Å². The zero-order valence-corrected chi connectivity index (χ0v) is 24.1. The first-order chi connectivity index (χ1) is 18.0. The Bertz CT molecular complexity index is 1260. The van der Waals surface area contributed by atoms with Crippen LogP contribution in [-0.2, 0) is 5.41 Å². The van der Waals surface area contributed by atoms with E-state index < -0.39 is 0 Å². The van der Waals surface area contributed by atoms with E-state index in [-0.39, 0.29) is 5.41 Å². The van der Waals surface area contributed by atoms with Crippen LogP contribution >= 0.6 is 23.5 Å². The molecule has 4 aliphatic rings. The van der Waals surface area contributed by atoms with Crippen molar-refractivity contribution in [1.82, 2.24) is 0 Å². The monoisotopic (exact) mass is 524 g/mol. The second-order valence-electron chi connectivity index (χ2n) is 12.3. The molecule has 2 nitrogen and oxygen atoms in total. The second kappa shape index (κ2) is 9.34. The Hall–Kier alpha value is -1.98. The lowest BCUT2D eigenvalue weighted by Gasteiger charge is -2.36. The Morgan fingerprint density at radius 1 is 0.595 bits per heavy atom. The molecule has 0 saturated carbocycles. The molecule has 2 fully saturated rings. The second-order valence-corrected chi connectivity index (χ2v) is 14.5. The Labute approximate surface area is 231 Å². The maximum absolute atomic E-state index is 2.60. The lowest BCUT2D eigenvalue weighted by atomic mass is 9.36. The molecule has 3 aromatic carbocycles. The van der Waals surface area contributed by atoms with Gasteiger partial charge >= 0.3 is 0 Å². The molecule has 0 N–H and O–H groups in total. The van der Waals surface area contributed by atoms with Gasteiger partial charge in [-0.1, -0.05) is 67.4 Å². The van der Waals surface area contributed by atoms with Crippen molar-refractivity contribution in [3.05, 3.63) is 54.1 Å². The molecule has 37 heavy (non-hydrogen) atoms. The van der Waals surface area contributed by atoms with Gasteiger partial charge in [0, 0.05) is 57.1 Å². The first kappa shape index (κ1) is 24.1. The van der Waals surface area contributed by atoms with E-state index in [1.807, 2.05) is 23.5 Å². The summed E-state index contributed by atoms with van der Waals surface area (Å²) < 4.78 is 0. The summed E-state index contributed by atoms with van der Waals surface area (Å²) >= 11 is 4.02. The molecular weight excluding hydrogens is 487 g/mol. The highest BCUT2D eigenvalue weighted by Crippen LogP contribution is 2.42. The Morgan fingerprint density at radius 2 is 1.05 bits per heavy atom. The Balaban J connectivity index is 1.36. The molecule has 2 saturated heterocycles. The van der Waals surface area contributed by atoms with Crippen LogP contribution in [0.3, 0.4) is 0 Å². The van der Waals surface area contributed by atoms with Crippen molar-refractivity contribution in [2.24, 2.45) is 0 Å². The Kier molecular flexibility index (Phi) is 6.08. The van der Waals surface area contributed by atoms with Crippen LogP contribution in [0.4, 0.5) is 11.4 Å². The molecule has 0 atom stereocenters. The van der Waals surface area contributed by atoms with Crippen molar-refractivity contribution >= 4 is 58.0 Å². The van der Waals surface area contributed by atoms with E-state index in [4.69, 9.17) is 0 Å². The van der Waals surface area contributed by atoms with Crippen LogP contribution in [0.15, 0.2) is 68.1 Å². The summed E-state index contributed by atoms with van der Waals surface area (Å²) in [7, 11) is 0. The van der Waals surface area contributed by atoms with E-state index in [0.717, 1.165) is 0 Å². The maximum atomic E-state index is 2.60. The maximum Gasteiger partial charge on any atom is 0.247 e. The van der Waals surface area contributed by atoms with E-state index in [0.29, 0.717) is 6.71 Å². The minimum Gasteiger partial charge on any atom is -0.372 e. The SMILES string of the molecule is CC(C)(C)c1cc2c3c(c1)Sc1cc(N4CCCCC4)ccc1B3c1ccc(N3CCCCC3)cc1S2. The smallest absolute Gasteiger partial charge is 0.247 e. The van der Waals surface area contributed by atoms with Crippen LogP contribution in [-0.4, -0.2) is 32.9 Å². The predicted octanol–water partition coefficient (Wildman–Crippen LogP) is 6.41. The fourth-order valence-corrected chi connectivity index (χ4v) is 9.15.